The maximum absolute atomic E-state index is 13.0. The van der Waals surface area contributed by atoms with E-state index in [9.17, 15) is 9.59 Å². The van der Waals surface area contributed by atoms with Gasteiger partial charge in [0.15, 0.2) is 0 Å². The van der Waals surface area contributed by atoms with Crippen LogP contribution in [0.2, 0.25) is 0 Å². The number of urea groups is 1. The van der Waals surface area contributed by atoms with E-state index in [4.69, 9.17) is 0 Å². The molecule has 1 saturated heterocycles. The van der Waals surface area contributed by atoms with Crippen molar-refractivity contribution in [2.45, 2.75) is 58.0 Å². The summed E-state index contributed by atoms with van der Waals surface area (Å²) < 4.78 is 3.55. The number of rotatable bonds is 8. The number of anilines is 2. The highest BCUT2D eigenvalue weighted by molar-refractivity contribution is 6.04. The van der Waals surface area contributed by atoms with E-state index in [0.29, 0.717) is 16.9 Å². The van der Waals surface area contributed by atoms with E-state index in [-0.39, 0.29) is 18.0 Å². The predicted molar refractivity (Wildman–Crippen MR) is 139 cm³/mol. The van der Waals surface area contributed by atoms with E-state index >= 15 is 0 Å². The topological polar surface area (TPSA) is 109 Å². The van der Waals surface area contributed by atoms with Crippen molar-refractivity contribution in [3.63, 3.8) is 0 Å². The number of aryl methyl sites for hydroxylation is 1. The van der Waals surface area contributed by atoms with Gasteiger partial charge in [-0.25, -0.2) is 9.48 Å². The van der Waals surface area contributed by atoms with E-state index < -0.39 is 0 Å². The quantitative estimate of drug-likeness (QED) is 0.445. The highest BCUT2D eigenvalue weighted by atomic mass is 16.2. The lowest BCUT2D eigenvalue weighted by Gasteiger charge is -2.13. The largest absolute Gasteiger partial charge is 0.335 e. The Bertz CT molecular complexity index is 1200. The van der Waals surface area contributed by atoms with E-state index in [1.54, 1.807) is 29.2 Å². The molecule has 0 radical (unpaired) electrons. The van der Waals surface area contributed by atoms with Gasteiger partial charge in [0.1, 0.15) is 0 Å². The van der Waals surface area contributed by atoms with Gasteiger partial charge in [-0.1, -0.05) is 18.9 Å². The first-order chi connectivity index (χ1) is 17.5. The zero-order valence-corrected chi connectivity index (χ0v) is 20.7. The van der Waals surface area contributed by atoms with Crippen molar-refractivity contribution in [1.82, 2.24) is 29.8 Å². The molecule has 190 valence electrons. The van der Waals surface area contributed by atoms with Crippen molar-refractivity contribution in [2.75, 3.05) is 30.3 Å². The molecule has 3 N–H and O–H groups in total. The van der Waals surface area contributed by atoms with E-state index in [0.717, 1.165) is 63.2 Å². The third kappa shape index (κ3) is 5.93. The van der Waals surface area contributed by atoms with Gasteiger partial charge >= 0.3 is 6.03 Å². The van der Waals surface area contributed by atoms with Crippen molar-refractivity contribution in [3.05, 3.63) is 54.1 Å². The molecular weight excluding hydrogens is 456 g/mol. The molecule has 2 fully saturated rings. The van der Waals surface area contributed by atoms with Crippen LogP contribution in [0, 0.1) is 6.92 Å². The molecule has 0 unspecified atom stereocenters. The van der Waals surface area contributed by atoms with Crippen LogP contribution in [-0.4, -0.2) is 62.1 Å². The van der Waals surface area contributed by atoms with Crippen molar-refractivity contribution in [1.29, 1.82) is 0 Å². The molecule has 5 rings (SSSR count). The van der Waals surface area contributed by atoms with Crippen LogP contribution >= 0.6 is 0 Å². The van der Waals surface area contributed by atoms with Crippen molar-refractivity contribution < 1.29 is 9.59 Å². The Morgan fingerprint density at radius 1 is 1.03 bits per heavy atom. The lowest BCUT2D eigenvalue weighted by Crippen LogP contribution is -2.36. The highest BCUT2D eigenvalue weighted by Gasteiger charge is 2.18. The molecule has 10 nitrogen and oxygen atoms in total. The first-order valence-corrected chi connectivity index (χ1v) is 12.8. The molecule has 1 aliphatic heterocycles. The van der Waals surface area contributed by atoms with Crippen LogP contribution in [-0.2, 0) is 6.54 Å². The summed E-state index contributed by atoms with van der Waals surface area (Å²) in [7, 11) is 0. The number of hydrogen-bond acceptors (Lipinski definition) is 5. The Morgan fingerprint density at radius 2 is 1.83 bits per heavy atom. The molecule has 1 aromatic carbocycles. The number of carbonyl (C=O) groups excluding carboxylic acids is 2. The molecule has 2 aromatic heterocycles. The molecule has 0 bridgehead atoms. The molecule has 3 heterocycles. The Morgan fingerprint density at radius 3 is 2.64 bits per heavy atom. The second kappa shape index (κ2) is 10.9. The summed E-state index contributed by atoms with van der Waals surface area (Å²) in [6, 6.07) is 7.26. The standard InChI is InChI=1S/C26H34N8O2/c1-19-24(18-33(31-19)14-13-32-11-4-5-12-32)30-25(35)20-7-6-10-23(15-20)34-17-22(16-27-34)29-26(36)28-21-8-2-3-9-21/h6-7,10,15-18,21H,2-5,8-9,11-14H2,1H3,(H,30,35)(H2,28,29,36). The van der Waals surface area contributed by atoms with Gasteiger partial charge in [-0.2, -0.15) is 10.2 Å². The lowest BCUT2D eigenvalue weighted by molar-refractivity contribution is 0.102. The number of nitrogens with one attached hydrogen (secondary N) is 3. The number of carbonyl (C=O) groups is 2. The number of amides is 3. The molecule has 0 spiro atoms. The number of nitrogens with zero attached hydrogens (tertiary/aromatic N) is 5. The van der Waals surface area contributed by atoms with Gasteiger partial charge in [-0.05, 0) is 63.9 Å². The summed E-state index contributed by atoms with van der Waals surface area (Å²) >= 11 is 0. The fourth-order valence-corrected chi connectivity index (χ4v) is 4.94. The Labute approximate surface area is 211 Å². The Balaban J connectivity index is 1.19. The van der Waals surface area contributed by atoms with Crippen molar-refractivity contribution >= 4 is 23.3 Å². The fraction of sp³-hybridized carbons (Fsp3) is 0.462. The first kappa shape index (κ1) is 24.1. The van der Waals surface area contributed by atoms with Gasteiger partial charge in [0.05, 0.1) is 41.7 Å². The normalized spacial score (nSPS) is 16.4. The van der Waals surface area contributed by atoms with Crippen LogP contribution in [0.15, 0.2) is 42.9 Å². The van der Waals surface area contributed by atoms with Crippen LogP contribution in [0.25, 0.3) is 5.69 Å². The minimum absolute atomic E-state index is 0.208. The van der Waals surface area contributed by atoms with Crippen LogP contribution in [0.4, 0.5) is 16.2 Å². The van der Waals surface area contributed by atoms with Crippen LogP contribution < -0.4 is 16.0 Å². The summed E-state index contributed by atoms with van der Waals surface area (Å²) in [6.07, 6.45) is 12.1. The van der Waals surface area contributed by atoms with Crippen LogP contribution in [0.1, 0.15) is 54.6 Å². The summed E-state index contributed by atoms with van der Waals surface area (Å²) in [5.41, 5.74) is 3.34. The zero-order valence-electron chi connectivity index (χ0n) is 20.7. The van der Waals surface area contributed by atoms with Gasteiger partial charge in [0.25, 0.3) is 5.91 Å². The van der Waals surface area contributed by atoms with E-state index in [2.05, 4.69) is 31.0 Å². The summed E-state index contributed by atoms with van der Waals surface area (Å²) in [5, 5.41) is 17.7. The molecule has 2 aliphatic rings. The smallest absolute Gasteiger partial charge is 0.319 e. The molecule has 1 aliphatic carbocycles. The van der Waals surface area contributed by atoms with Crippen LogP contribution in [0.5, 0.6) is 0 Å². The maximum atomic E-state index is 13.0. The highest BCUT2D eigenvalue weighted by Crippen LogP contribution is 2.19. The number of likely N-dealkylation sites (tertiary alicyclic amines) is 1. The van der Waals surface area contributed by atoms with E-state index in [1.807, 2.05) is 29.9 Å². The average molecular weight is 491 g/mol. The molecule has 10 heteroatoms. The molecule has 1 saturated carbocycles. The molecule has 3 aromatic rings. The van der Waals surface area contributed by atoms with Gasteiger partial charge < -0.3 is 20.9 Å². The van der Waals surface area contributed by atoms with Gasteiger partial charge in [0.2, 0.25) is 0 Å². The number of hydrogen-bond donors (Lipinski definition) is 3. The first-order valence-electron chi connectivity index (χ1n) is 12.8. The minimum atomic E-state index is -0.217. The second-order valence-electron chi connectivity index (χ2n) is 9.70. The Hall–Kier alpha value is -3.66. The summed E-state index contributed by atoms with van der Waals surface area (Å²) in [6.45, 7) is 5.99. The summed E-state index contributed by atoms with van der Waals surface area (Å²) in [5.74, 6) is -0.208. The SMILES string of the molecule is Cc1nn(CCN2CCCC2)cc1NC(=O)c1cccc(-n2cc(NC(=O)NC3CCCC3)cn2)c1. The van der Waals surface area contributed by atoms with Gasteiger partial charge in [-0.15, -0.1) is 0 Å². The average Bonchev–Trinajstić information content (AvgIpc) is 3.68. The van der Waals surface area contributed by atoms with Crippen molar-refractivity contribution in [2.24, 2.45) is 0 Å². The molecule has 36 heavy (non-hydrogen) atoms. The van der Waals surface area contributed by atoms with Gasteiger partial charge in [0, 0.05) is 24.3 Å². The minimum Gasteiger partial charge on any atom is -0.335 e. The Kier molecular flexibility index (Phi) is 7.31. The molecule has 3 amide bonds. The lowest BCUT2D eigenvalue weighted by atomic mass is 10.2. The molecular formula is C26H34N8O2. The van der Waals surface area contributed by atoms with E-state index in [1.165, 1.54) is 12.8 Å². The third-order valence-electron chi connectivity index (χ3n) is 6.94. The summed E-state index contributed by atoms with van der Waals surface area (Å²) in [4.78, 5) is 27.7. The predicted octanol–water partition coefficient (Wildman–Crippen LogP) is 3.79. The van der Waals surface area contributed by atoms with Gasteiger partial charge in [-0.3, -0.25) is 9.48 Å². The molecule has 0 atom stereocenters. The van der Waals surface area contributed by atoms with Crippen molar-refractivity contribution in [3.8, 4) is 5.69 Å². The third-order valence-corrected chi connectivity index (χ3v) is 6.94. The monoisotopic (exact) mass is 490 g/mol. The number of benzene rings is 1. The number of aromatic nitrogens is 4. The zero-order chi connectivity index (χ0) is 24.9. The fourth-order valence-electron chi connectivity index (χ4n) is 4.94. The van der Waals surface area contributed by atoms with Crippen LogP contribution in [0.3, 0.4) is 0 Å². The second-order valence-corrected chi connectivity index (χ2v) is 9.70. The maximum Gasteiger partial charge on any atom is 0.319 e.